The van der Waals surface area contributed by atoms with Gasteiger partial charge in [0.2, 0.25) is 0 Å². The maximum atomic E-state index is 3.48. The molecule has 1 aliphatic heterocycles. The molecule has 2 aliphatic rings. The molecule has 0 saturated heterocycles. The summed E-state index contributed by atoms with van der Waals surface area (Å²) in [6, 6.07) is 4.99. The Morgan fingerprint density at radius 3 is 2.75 bits per heavy atom. The van der Waals surface area contributed by atoms with Gasteiger partial charge in [-0.2, -0.15) is 0 Å². The van der Waals surface area contributed by atoms with E-state index in [0.717, 1.165) is 19.0 Å². The van der Waals surface area contributed by atoms with Gasteiger partial charge in [0.25, 0.3) is 0 Å². The molecule has 0 amide bonds. The molecule has 16 heavy (non-hydrogen) atoms. The summed E-state index contributed by atoms with van der Waals surface area (Å²) in [6.07, 6.45) is 4.03. The fraction of sp³-hybridized carbons (Fsp3) is 0.600. The van der Waals surface area contributed by atoms with Crippen LogP contribution in [0.25, 0.3) is 0 Å². The number of rotatable bonds is 2. The zero-order valence-electron chi connectivity index (χ0n) is 10.3. The lowest BCUT2D eigenvalue weighted by Gasteiger charge is -2.22. The van der Waals surface area contributed by atoms with Crippen molar-refractivity contribution in [2.24, 2.45) is 0 Å². The average molecular weight is 217 g/mol. The standard InChI is InChI=1S/C15H21N.H2/c1-10(2)14-7-12-5-6-16-9-13(12)8-15(14)11-3-4-11;/h7-8,10-11,16H,3-6,9H2,1-2H3;1H. The van der Waals surface area contributed by atoms with Crippen LogP contribution in [0.4, 0.5) is 0 Å². The second kappa shape index (κ2) is 3.89. The molecule has 0 spiro atoms. The van der Waals surface area contributed by atoms with Crippen LogP contribution < -0.4 is 5.32 Å². The summed E-state index contributed by atoms with van der Waals surface area (Å²) < 4.78 is 0. The molecule has 88 valence electrons. The molecule has 0 bridgehead atoms. The van der Waals surface area contributed by atoms with E-state index in [0.29, 0.717) is 5.92 Å². The molecule has 1 fully saturated rings. The first-order chi connectivity index (χ1) is 7.75. The number of hydrogen-bond acceptors (Lipinski definition) is 1. The summed E-state index contributed by atoms with van der Waals surface area (Å²) in [7, 11) is 0. The number of hydrogen-bond donors (Lipinski definition) is 1. The summed E-state index contributed by atoms with van der Waals surface area (Å²) in [5.41, 5.74) is 6.41. The average Bonchev–Trinajstić information content (AvgIpc) is 3.11. The summed E-state index contributed by atoms with van der Waals surface area (Å²) in [6.45, 7) is 6.88. The lowest BCUT2D eigenvalue weighted by molar-refractivity contribution is 0.640. The Kier molecular flexibility index (Phi) is 2.51. The Morgan fingerprint density at radius 1 is 1.25 bits per heavy atom. The fourth-order valence-corrected chi connectivity index (χ4v) is 2.82. The predicted octanol–water partition coefficient (Wildman–Crippen LogP) is 3.58. The van der Waals surface area contributed by atoms with Gasteiger partial charge >= 0.3 is 0 Å². The van der Waals surface area contributed by atoms with Gasteiger partial charge in [-0.1, -0.05) is 26.0 Å². The largest absolute Gasteiger partial charge is 0.312 e. The first kappa shape index (κ1) is 10.3. The molecule has 0 aromatic heterocycles. The summed E-state index contributed by atoms with van der Waals surface area (Å²) in [5.74, 6) is 1.56. The highest BCUT2D eigenvalue weighted by atomic mass is 14.9. The fourth-order valence-electron chi connectivity index (χ4n) is 2.82. The normalized spacial score (nSPS) is 19.9. The van der Waals surface area contributed by atoms with Crippen molar-refractivity contribution in [3.8, 4) is 0 Å². The van der Waals surface area contributed by atoms with Crippen LogP contribution in [0.2, 0.25) is 0 Å². The molecule has 1 aromatic rings. The van der Waals surface area contributed by atoms with E-state index in [4.69, 9.17) is 0 Å². The molecule has 1 N–H and O–H groups in total. The Balaban J connectivity index is 0.00000108. The lowest BCUT2D eigenvalue weighted by Crippen LogP contribution is -2.24. The monoisotopic (exact) mass is 217 g/mol. The Hall–Kier alpha value is -0.820. The van der Waals surface area contributed by atoms with Crippen LogP contribution in [0.5, 0.6) is 0 Å². The third-order valence-corrected chi connectivity index (χ3v) is 3.93. The van der Waals surface area contributed by atoms with Gasteiger partial charge in [-0.15, -0.1) is 0 Å². The van der Waals surface area contributed by atoms with Crippen LogP contribution in [0.15, 0.2) is 12.1 Å². The van der Waals surface area contributed by atoms with Crippen molar-refractivity contribution in [3.05, 3.63) is 34.4 Å². The molecule has 0 atom stereocenters. The first-order valence-corrected chi connectivity index (χ1v) is 6.62. The highest BCUT2D eigenvalue weighted by Gasteiger charge is 2.28. The van der Waals surface area contributed by atoms with Crippen LogP contribution >= 0.6 is 0 Å². The Labute approximate surface area is 99.7 Å². The predicted molar refractivity (Wildman–Crippen MR) is 70.0 cm³/mol. The molecule has 3 rings (SSSR count). The van der Waals surface area contributed by atoms with Crippen molar-refractivity contribution in [1.29, 1.82) is 0 Å². The highest BCUT2D eigenvalue weighted by molar-refractivity contribution is 5.44. The van der Waals surface area contributed by atoms with E-state index in [1.807, 2.05) is 0 Å². The van der Waals surface area contributed by atoms with Gasteiger partial charge < -0.3 is 5.32 Å². The van der Waals surface area contributed by atoms with Crippen LogP contribution in [-0.2, 0) is 13.0 Å². The minimum absolute atomic E-state index is 0. The van der Waals surface area contributed by atoms with Gasteiger partial charge in [0.05, 0.1) is 0 Å². The van der Waals surface area contributed by atoms with Gasteiger partial charge in [-0.3, -0.25) is 0 Å². The molecule has 0 unspecified atom stereocenters. The van der Waals surface area contributed by atoms with Gasteiger partial charge in [0.15, 0.2) is 0 Å². The van der Waals surface area contributed by atoms with E-state index >= 15 is 0 Å². The van der Waals surface area contributed by atoms with Crippen LogP contribution in [-0.4, -0.2) is 6.54 Å². The molecule has 0 radical (unpaired) electrons. The summed E-state index contributed by atoms with van der Waals surface area (Å²) >= 11 is 0. The van der Waals surface area contributed by atoms with E-state index in [1.54, 1.807) is 22.3 Å². The number of benzene rings is 1. The smallest absolute Gasteiger partial charge is 0.0208 e. The molecule has 1 aliphatic carbocycles. The maximum Gasteiger partial charge on any atom is 0.0208 e. The van der Waals surface area contributed by atoms with Crippen molar-refractivity contribution in [3.63, 3.8) is 0 Å². The van der Waals surface area contributed by atoms with Crippen molar-refractivity contribution >= 4 is 0 Å². The minimum atomic E-state index is 0. The second-order valence-electron chi connectivity index (χ2n) is 5.61. The molecular weight excluding hydrogens is 194 g/mol. The second-order valence-corrected chi connectivity index (χ2v) is 5.61. The SMILES string of the molecule is CC(C)c1cc2c(cc1C1CC1)CNCC2.[HH]. The molecule has 1 heterocycles. The summed E-state index contributed by atoms with van der Waals surface area (Å²) in [4.78, 5) is 0. The van der Waals surface area contributed by atoms with Crippen molar-refractivity contribution < 1.29 is 1.43 Å². The number of fused-ring (bicyclic) bond motifs is 1. The Bertz CT molecular complexity index is 377. The quantitative estimate of drug-likeness (QED) is 0.798. The van der Waals surface area contributed by atoms with Crippen molar-refractivity contribution in [2.45, 2.75) is 51.5 Å². The van der Waals surface area contributed by atoms with E-state index < -0.39 is 0 Å². The summed E-state index contributed by atoms with van der Waals surface area (Å²) in [5, 5.41) is 3.48. The topological polar surface area (TPSA) is 12.0 Å². The zero-order valence-corrected chi connectivity index (χ0v) is 10.3. The van der Waals surface area contributed by atoms with Crippen LogP contribution in [0, 0.1) is 0 Å². The third kappa shape index (κ3) is 1.78. The molecular formula is C15H23N. The van der Waals surface area contributed by atoms with Gasteiger partial charge in [-0.05, 0) is 59.9 Å². The zero-order chi connectivity index (χ0) is 11.1. The van der Waals surface area contributed by atoms with Gasteiger partial charge in [-0.25, -0.2) is 0 Å². The van der Waals surface area contributed by atoms with Gasteiger partial charge in [0.1, 0.15) is 0 Å². The minimum Gasteiger partial charge on any atom is -0.312 e. The van der Waals surface area contributed by atoms with E-state index in [-0.39, 0.29) is 1.43 Å². The molecule has 1 heteroatoms. The molecule has 1 saturated carbocycles. The highest BCUT2D eigenvalue weighted by Crippen LogP contribution is 2.44. The van der Waals surface area contributed by atoms with E-state index in [2.05, 4.69) is 31.3 Å². The Morgan fingerprint density at radius 2 is 2.06 bits per heavy atom. The lowest BCUT2D eigenvalue weighted by atomic mass is 9.88. The molecule has 1 nitrogen and oxygen atoms in total. The van der Waals surface area contributed by atoms with E-state index in [9.17, 15) is 0 Å². The third-order valence-electron chi connectivity index (χ3n) is 3.93. The number of nitrogens with one attached hydrogen (secondary N) is 1. The molecule has 1 aromatic carbocycles. The first-order valence-electron chi connectivity index (χ1n) is 6.62. The van der Waals surface area contributed by atoms with E-state index in [1.165, 1.54) is 19.3 Å². The maximum absolute atomic E-state index is 3.48. The van der Waals surface area contributed by atoms with Crippen LogP contribution in [0.3, 0.4) is 0 Å². The van der Waals surface area contributed by atoms with Crippen molar-refractivity contribution in [2.75, 3.05) is 6.54 Å². The van der Waals surface area contributed by atoms with Crippen LogP contribution in [0.1, 0.15) is 62.2 Å². The van der Waals surface area contributed by atoms with Crippen molar-refractivity contribution in [1.82, 2.24) is 5.32 Å². The van der Waals surface area contributed by atoms with Gasteiger partial charge in [0, 0.05) is 7.97 Å².